The first-order valence-electron chi connectivity index (χ1n) is 6.94. The maximum atomic E-state index is 9.43. The lowest BCUT2D eigenvalue weighted by atomic mass is 10.0. The van der Waals surface area contributed by atoms with Gasteiger partial charge in [-0.05, 0) is 23.8 Å². The first-order chi connectivity index (χ1) is 11.1. The van der Waals surface area contributed by atoms with Crippen molar-refractivity contribution >= 4 is 11.8 Å². The van der Waals surface area contributed by atoms with Gasteiger partial charge in [-0.25, -0.2) is 0 Å². The molecular weight excluding hydrogens is 290 g/mol. The number of methoxy groups -OCH3 is 2. The van der Waals surface area contributed by atoms with Gasteiger partial charge >= 0.3 is 0 Å². The van der Waals surface area contributed by atoms with Crippen molar-refractivity contribution in [3.05, 3.63) is 58.1 Å². The molecule has 0 saturated carbocycles. The Morgan fingerprint density at radius 1 is 0.913 bits per heavy atom. The average molecular weight is 307 g/mol. The van der Waals surface area contributed by atoms with Crippen molar-refractivity contribution in [3.63, 3.8) is 0 Å². The van der Waals surface area contributed by atoms with E-state index in [1.807, 2.05) is 43.3 Å². The minimum absolute atomic E-state index is 0.294. The second kappa shape index (κ2) is 6.72. The fourth-order valence-electron chi connectivity index (χ4n) is 2.39. The van der Waals surface area contributed by atoms with Crippen molar-refractivity contribution in [2.75, 3.05) is 33.2 Å². The Kier molecular flexibility index (Phi) is 4.73. The van der Waals surface area contributed by atoms with Crippen LogP contribution in [0, 0.1) is 22.7 Å². The van der Waals surface area contributed by atoms with Gasteiger partial charge in [0.05, 0.1) is 14.2 Å². The van der Waals surface area contributed by atoms with E-state index in [2.05, 4.69) is 12.1 Å². The Morgan fingerprint density at radius 2 is 1.39 bits per heavy atom. The fraction of sp³-hybridized carbons (Fsp3) is 0.222. The second-order valence-electron chi connectivity index (χ2n) is 5.08. The smallest absolute Gasteiger partial charge is 0.180 e. The van der Waals surface area contributed by atoms with Gasteiger partial charge in [0.25, 0.3) is 0 Å². The van der Waals surface area contributed by atoms with Crippen molar-refractivity contribution < 1.29 is 9.47 Å². The van der Waals surface area contributed by atoms with E-state index in [9.17, 15) is 10.5 Å². The number of benzene rings is 1. The zero-order valence-corrected chi connectivity index (χ0v) is 13.5. The van der Waals surface area contributed by atoms with Crippen molar-refractivity contribution in [2.45, 2.75) is 0 Å². The molecule has 0 atom stereocenters. The van der Waals surface area contributed by atoms with Gasteiger partial charge in [-0.3, -0.25) is 0 Å². The molecule has 1 aromatic rings. The van der Waals surface area contributed by atoms with E-state index in [0.717, 1.165) is 11.3 Å². The molecule has 5 heteroatoms. The predicted octanol–water partition coefficient (Wildman–Crippen LogP) is 3.00. The highest BCUT2D eigenvalue weighted by atomic mass is 16.5. The van der Waals surface area contributed by atoms with E-state index < -0.39 is 0 Å². The number of rotatable bonds is 4. The van der Waals surface area contributed by atoms with Crippen LogP contribution in [0.15, 0.2) is 52.5 Å². The van der Waals surface area contributed by atoms with E-state index in [1.54, 1.807) is 6.08 Å². The third-order valence-corrected chi connectivity index (χ3v) is 3.55. The van der Waals surface area contributed by atoms with E-state index in [-0.39, 0.29) is 0 Å². The fourth-order valence-corrected chi connectivity index (χ4v) is 2.39. The summed E-state index contributed by atoms with van der Waals surface area (Å²) in [4.78, 5) is 2.00. The number of hydrogen-bond donors (Lipinski definition) is 0. The van der Waals surface area contributed by atoms with Gasteiger partial charge in [0.1, 0.15) is 23.3 Å². The summed E-state index contributed by atoms with van der Waals surface area (Å²) in [5, 5.41) is 18.9. The summed E-state index contributed by atoms with van der Waals surface area (Å²) in [5.74, 6) is 0.588. The van der Waals surface area contributed by atoms with Crippen molar-refractivity contribution in [1.29, 1.82) is 10.5 Å². The maximum absolute atomic E-state index is 9.43. The summed E-state index contributed by atoms with van der Waals surface area (Å²) in [7, 11) is 6.84. The Labute approximate surface area is 136 Å². The Balaban J connectivity index is 2.56. The highest BCUT2D eigenvalue weighted by molar-refractivity contribution is 5.78. The molecule has 0 heterocycles. The maximum Gasteiger partial charge on any atom is 0.180 e. The van der Waals surface area contributed by atoms with Gasteiger partial charge in [0, 0.05) is 25.4 Å². The summed E-state index contributed by atoms with van der Waals surface area (Å²) < 4.78 is 10.5. The molecule has 0 fully saturated rings. The Bertz CT molecular complexity index is 745. The summed E-state index contributed by atoms with van der Waals surface area (Å²) >= 11 is 0. The summed E-state index contributed by atoms with van der Waals surface area (Å²) in [6.45, 7) is 0. The number of nitriles is 2. The molecule has 0 aliphatic heterocycles. The zero-order valence-electron chi connectivity index (χ0n) is 13.5. The molecular formula is C18H17N3O2. The zero-order chi connectivity index (χ0) is 17.0. The molecule has 1 aliphatic rings. The molecule has 0 spiro atoms. The number of hydrogen-bond acceptors (Lipinski definition) is 5. The highest BCUT2D eigenvalue weighted by Crippen LogP contribution is 2.38. The van der Waals surface area contributed by atoms with Gasteiger partial charge in [-0.1, -0.05) is 12.1 Å². The molecule has 1 aliphatic carbocycles. The van der Waals surface area contributed by atoms with Gasteiger partial charge in [-0.2, -0.15) is 10.5 Å². The van der Waals surface area contributed by atoms with Gasteiger partial charge in [0.15, 0.2) is 11.5 Å². The summed E-state index contributed by atoms with van der Waals surface area (Å²) in [6.07, 6.45) is 1.79. The summed E-state index contributed by atoms with van der Waals surface area (Å²) in [5.41, 5.74) is 3.08. The van der Waals surface area contributed by atoms with Gasteiger partial charge < -0.3 is 14.4 Å². The highest BCUT2D eigenvalue weighted by Gasteiger charge is 2.31. The van der Waals surface area contributed by atoms with Crippen LogP contribution in [-0.4, -0.2) is 28.3 Å². The van der Waals surface area contributed by atoms with Crippen molar-refractivity contribution in [1.82, 2.24) is 0 Å². The Morgan fingerprint density at radius 3 is 1.74 bits per heavy atom. The van der Waals surface area contributed by atoms with Crippen molar-refractivity contribution in [2.24, 2.45) is 0 Å². The summed E-state index contributed by atoms with van der Waals surface area (Å²) in [6, 6.07) is 12.0. The average Bonchev–Trinajstić information content (AvgIpc) is 2.86. The van der Waals surface area contributed by atoms with Crippen LogP contribution in [0.25, 0.3) is 6.08 Å². The molecule has 0 unspecified atom stereocenters. The minimum Gasteiger partial charge on any atom is -0.491 e. The number of nitrogens with zero attached hydrogens (tertiary/aromatic N) is 3. The lowest BCUT2D eigenvalue weighted by molar-refractivity contribution is 0.220. The molecule has 2 rings (SSSR count). The topological polar surface area (TPSA) is 69.3 Å². The van der Waals surface area contributed by atoms with Crippen LogP contribution in [0.5, 0.6) is 0 Å². The Hall–Kier alpha value is -3.18. The van der Waals surface area contributed by atoms with Crippen molar-refractivity contribution in [3.8, 4) is 12.1 Å². The van der Waals surface area contributed by atoms with Gasteiger partial charge in [-0.15, -0.1) is 0 Å². The van der Waals surface area contributed by atoms with Crippen LogP contribution >= 0.6 is 0 Å². The quantitative estimate of drug-likeness (QED) is 0.855. The SMILES string of the molecule is COC1=C(C#N)C(=Cc2ccc(N(C)C)cc2)C(C#N)=C1OC. The van der Waals surface area contributed by atoms with E-state index >= 15 is 0 Å². The van der Waals surface area contributed by atoms with E-state index in [4.69, 9.17) is 9.47 Å². The van der Waals surface area contributed by atoms with Crippen LogP contribution in [0.1, 0.15) is 5.56 Å². The number of ether oxygens (including phenoxy) is 2. The number of anilines is 1. The molecule has 1 aromatic carbocycles. The molecule has 116 valence electrons. The van der Waals surface area contributed by atoms with Crippen LogP contribution in [-0.2, 0) is 9.47 Å². The predicted molar refractivity (Wildman–Crippen MR) is 88.0 cm³/mol. The molecule has 0 aromatic heterocycles. The molecule has 0 radical (unpaired) electrons. The van der Waals surface area contributed by atoms with Crippen LogP contribution in [0.3, 0.4) is 0 Å². The van der Waals surface area contributed by atoms with E-state index in [1.165, 1.54) is 14.2 Å². The van der Waals surface area contributed by atoms with Crippen LogP contribution in [0.2, 0.25) is 0 Å². The third kappa shape index (κ3) is 2.90. The van der Waals surface area contributed by atoms with E-state index in [0.29, 0.717) is 28.2 Å². The first-order valence-corrected chi connectivity index (χ1v) is 6.94. The standard InChI is InChI=1S/C18H17N3O2/c1-21(2)13-7-5-12(6-8-13)9-14-15(10-19)17(22-3)18(23-4)16(14)11-20/h5-9H,1-4H3. The minimum atomic E-state index is 0.294. The molecule has 0 bridgehead atoms. The normalized spacial score (nSPS) is 13.6. The molecule has 0 amide bonds. The van der Waals surface area contributed by atoms with Crippen LogP contribution < -0.4 is 4.90 Å². The molecule has 0 N–H and O–H groups in total. The lowest BCUT2D eigenvalue weighted by Crippen LogP contribution is -2.07. The monoisotopic (exact) mass is 307 g/mol. The molecule has 5 nitrogen and oxygen atoms in total. The lowest BCUT2D eigenvalue weighted by Gasteiger charge is -2.12. The molecule has 0 saturated heterocycles. The second-order valence-corrected chi connectivity index (χ2v) is 5.08. The van der Waals surface area contributed by atoms with Crippen LogP contribution in [0.4, 0.5) is 5.69 Å². The first kappa shape index (κ1) is 16.2. The largest absolute Gasteiger partial charge is 0.491 e. The molecule has 23 heavy (non-hydrogen) atoms. The number of allylic oxidation sites excluding steroid dienone is 3. The third-order valence-electron chi connectivity index (χ3n) is 3.55. The van der Waals surface area contributed by atoms with Gasteiger partial charge in [0.2, 0.25) is 0 Å².